The van der Waals surface area contributed by atoms with Gasteiger partial charge in [0.15, 0.2) is 0 Å². The number of nitrogens with two attached hydrogens (primary N) is 1. The van der Waals surface area contributed by atoms with Gasteiger partial charge < -0.3 is 15.7 Å². The standard InChI is InChI=1S/C7H14N2O2/c1-5-3-7(8,6(10)11)4-9(5)2/h5H,3-4,8H2,1-2H3,(H,10,11). The first-order chi connectivity index (χ1) is 4.96. The predicted octanol–water partition coefficient (Wildman–Crippen LogP) is -0.507. The summed E-state index contributed by atoms with van der Waals surface area (Å²) in [5, 5.41) is 8.76. The molecule has 0 aliphatic carbocycles. The fourth-order valence-corrected chi connectivity index (χ4v) is 1.50. The molecule has 0 amide bonds. The SMILES string of the molecule is CC1CC(N)(C(=O)O)CN1C. The number of aliphatic carboxylic acids is 1. The van der Waals surface area contributed by atoms with Gasteiger partial charge in [0, 0.05) is 12.6 Å². The first-order valence-electron chi connectivity index (χ1n) is 3.68. The van der Waals surface area contributed by atoms with Gasteiger partial charge in [0.05, 0.1) is 0 Å². The molecule has 64 valence electrons. The van der Waals surface area contributed by atoms with Crippen molar-refractivity contribution in [3.05, 3.63) is 0 Å². The molecule has 2 atom stereocenters. The molecule has 1 rings (SSSR count). The normalized spacial score (nSPS) is 39.4. The van der Waals surface area contributed by atoms with E-state index in [1.165, 1.54) is 0 Å². The third-order valence-electron chi connectivity index (χ3n) is 2.37. The summed E-state index contributed by atoms with van der Waals surface area (Å²) in [5.41, 5.74) is 4.62. The molecule has 0 bridgehead atoms. The molecule has 11 heavy (non-hydrogen) atoms. The largest absolute Gasteiger partial charge is 0.480 e. The number of likely N-dealkylation sites (tertiary alicyclic amines) is 1. The van der Waals surface area contributed by atoms with Gasteiger partial charge in [-0.2, -0.15) is 0 Å². The Bertz CT molecular complexity index is 171. The van der Waals surface area contributed by atoms with E-state index in [9.17, 15) is 4.79 Å². The van der Waals surface area contributed by atoms with Gasteiger partial charge in [0.25, 0.3) is 0 Å². The van der Waals surface area contributed by atoms with E-state index >= 15 is 0 Å². The highest BCUT2D eigenvalue weighted by Crippen LogP contribution is 2.23. The molecule has 2 unspecified atom stereocenters. The number of carboxylic acid groups (broad SMARTS) is 1. The van der Waals surface area contributed by atoms with Crippen LogP contribution in [-0.2, 0) is 4.79 Å². The monoisotopic (exact) mass is 158 g/mol. The van der Waals surface area contributed by atoms with Crippen molar-refractivity contribution in [2.75, 3.05) is 13.6 Å². The Labute approximate surface area is 66.0 Å². The summed E-state index contributed by atoms with van der Waals surface area (Å²) in [6, 6.07) is 0.274. The van der Waals surface area contributed by atoms with Gasteiger partial charge in [-0.05, 0) is 20.4 Å². The van der Waals surface area contributed by atoms with Crippen molar-refractivity contribution in [3.8, 4) is 0 Å². The minimum Gasteiger partial charge on any atom is -0.480 e. The number of hydrogen-bond acceptors (Lipinski definition) is 3. The zero-order valence-corrected chi connectivity index (χ0v) is 6.87. The van der Waals surface area contributed by atoms with Crippen LogP contribution in [0.25, 0.3) is 0 Å². The van der Waals surface area contributed by atoms with Gasteiger partial charge >= 0.3 is 5.97 Å². The molecule has 4 nitrogen and oxygen atoms in total. The van der Waals surface area contributed by atoms with Crippen molar-refractivity contribution in [1.82, 2.24) is 4.90 Å². The van der Waals surface area contributed by atoms with E-state index in [-0.39, 0.29) is 6.04 Å². The molecule has 0 radical (unpaired) electrons. The molecule has 1 heterocycles. The smallest absolute Gasteiger partial charge is 0.325 e. The molecule has 1 aliphatic heterocycles. The third-order valence-corrected chi connectivity index (χ3v) is 2.37. The molecular weight excluding hydrogens is 144 g/mol. The summed E-state index contributed by atoms with van der Waals surface area (Å²) >= 11 is 0. The minimum absolute atomic E-state index is 0.274. The minimum atomic E-state index is -1.02. The van der Waals surface area contributed by atoms with E-state index in [1.807, 2.05) is 18.9 Å². The van der Waals surface area contributed by atoms with E-state index < -0.39 is 11.5 Å². The number of carboxylic acids is 1. The van der Waals surface area contributed by atoms with Crippen molar-refractivity contribution in [3.63, 3.8) is 0 Å². The fourth-order valence-electron chi connectivity index (χ4n) is 1.50. The number of carbonyl (C=O) groups is 1. The second kappa shape index (κ2) is 2.46. The predicted molar refractivity (Wildman–Crippen MR) is 41.3 cm³/mol. The molecule has 4 heteroatoms. The second-order valence-corrected chi connectivity index (χ2v) is 3.43. The zero-order valence-electron chi connectivity index (χ0n) is 6.87. The van der Waals surface area contributed by atoms with Gasteiger partial charge in [0.2, 0.25) is 0 Å². The Morgan fingerprint density at radius 1 is 1.82 bits per heavy atom. The number of rotatable bonds is 1. The Kier molecular flexibility index (Phi) is 1.90. The van der Waals surface area contributed by atoms with Gasteiger partial charge in [0.1, 0.15) is 5.54 Å². The highest BCUT2D eigenvalue weighted by atomic mass is 16.4. The van der Waals surface area contributed by atoms with Crippen LogP contribution in [0.1, 0.15) is 13.3 Å². The molecule has 3 N–H and O–H groups in total. The number of hydrogen-bond donors (Lipinski definition) is 2. The molecule has 0 saturated carbocycles. The summed E-state index contributed by atoms with van der Waals surface area (Å²) in [6.07, 6.45) is 0.541. The summed E-state index contributed by atoms with van der Waals surface area (Å²) in [4.78, 5) is 12.6. The van der Waals surface area contributed by atoms with Crippen molar-refractivity contribution in [2.24, 2.45) is 5.73 Å². The quantitative estimate of drug-likeness (QED) is 0.539. The first-order valence-corrected chi connectivity index (χ1v) is 3.68. The third kappa shape index (κ3) is 1.36. The summed E-state index contributed by atoms with van der Waals surface area (Å²) < 4.78 is 0. The molecule has 0 aromatic heterocycles. The lowest BCUT2D eigenvalue weighted by atomic mass is 9.98. The Balaban J connectivity index is 2.71. The van der Waals surface area contributed by atoms with Crippen LogP contribution in [0.4, 0.5) is 0 Å². The van der Waals surface area contributed by atoms with E-state index in [1.54, 1.807) is 0 Å². The highest BCUT2D eigenvalue weighted by molar-refractivity contribution is 5.79. The number of nitrogens with zero attached hydrogens (tertiary/aromatic N) is 1. The lowest BCUT2D eigenvalue weighted by molar-refractivity contribution is -0.142. The van der Waals surface area contributed by atoms with Crippen molar-refractivity contribution in [1.29, 1.82) is 0 Å². The van der Waals surface area contributed by atoms with Crippen LogP contribution in [-0.4, -0.2) is 41.1 Å². The molecular formula is C7H14N2O2. The summed E-state index contributed by atoms with van der Waals surface area (Å²) in [6.45, 7) is 2.43. The van der Waals surface area contributed by atoms with E-state index in [0.717, 1.165) is 0 Å². The van der Waals surface area contributed by atoms with Crippen molar-refractivity contribution >= 4 is 5.97 Å². The van der Waals surface area contributed by atoms with Gasteiger partial charge in [-0.25, -0.2) is 0 Å². The van der Waals surface area contributed by atoms with Crippen LogP contribution in [0.15, 0.2) is 0 Å². The summed E-state index contributed by atoms with van der Waals surface area (Å²) in [5.74, 6) is -0.895. The highest BCUT2D eigenvalue weighted by Gasteiger charge is 2.43. The van der Waals surface area contributed by atoms with Crippen molar-refractivity contribution in [2.45, 2.75) is 24.9 Å². The fraction of sp³-hybridized carbons (Fsp3) is 0.857. The van der Waals surface area contributed by atoms with Gasteiger partial charge in [-0.1, -0.05) is 0 Å². The molecule has 0 aromatic rings. The zero-order chi connectivity index (χ0) is 8.65. The second-order valence-electron chi connectivity index (χ2n) is 3.43. The summed E-state index contributed by atoms with van der Waals surface area (Å²) in [7, 11) is 1.89. The Morgan fingerprint density at radius 2 is 2.36 bits per heavy atom. The molecule has 1 fully saturated rings. The van der Waals surface area contributed by atoms with Gasteiger partial charge in [-0.3, -0.25) is 4.79 Å². The first kappa shape index (κ1) is 8.49. The van der Waals surface area contributed by atoms with Crippen LogP contribution in [0.2, 0.25) is 0 Å². The van der Waals surface area contributed by atoms with E-state index in [4.69, 9.17) is 10.8 Å². The van der Waals surface area contributed by atoms with Crippen LogP contribution >= 0.6 is 0 Å². The number of likely N-dealkylation sites (N-methyl/N-ethyl adjacent to an activating group) is 1. The lowest BCUT2D eigenvalue weighted by Crippen LogP contribution is -2.49. The van der Waals surface area contributed by atoms with Crippen molar-refractivity contribution < 1.29 is 9.90 Å². The van der Waals surface area contributed by atoms with E-state index in [2.05, 4.69) is 0 Å². The molecule has 0 aromatic carbocycles. The molecule has 1 aliphatic rings. The van der Waals surface area contributed by atoms with Crippen LogP contribution in [0.3, 0.4) is 0 Å². The molecule has 0 spiro atoms. The topological polar surface area (TPSA) is 66.6 Å². The van der Waals surface area contributed by atoms with Crippen LogP contribution < -0.4 is 5.73 Å². The lowest BCUT2D eigenvalue weighted by Gasteiger charge is -2.16. The maximum absolute atomic E-state index is 10.7. The Morgan fingerprint density at radius 3 is 2.55 bits per heavy atom. The molecule has 1 saturated heterocycles. The average molecular weight is 158 g/mol. The maximum atomic E-state index is 10.7. The van der Waals surface area contributed by atoms with Gasteiger partial charge in [-0.15, -0.1) is 0 Å². The average Bonchev–Trinajstić information content (AvgIpc) is 2.09. The Hall–Kier alpha value is -0.610. The van der Waals surface area contributed by atoms with Crippen LogP contribution in [0.5, 0.6) is 0 Å². The van der Waals surface area contributed by atoms with E-state index in [0.29, 0.717) is 13.0 Å². The maximum Gasteiger partial charge on any atom is 0.325 e. The van der Waals surface area contributed by atoms with Crippen LogP contribution in [0, 0.1) is 0 Å².